The van der Waals surface area contributed by atoms with Gasteiger partial charge in [-0.3, -0.25) is 14.6 Å². The minimum absolute atomic E-state index is 0.189. The van der Waals surface area contributed by atoms with Gasteiger partial charge in [0.2, 0.25) is 17.6 Å². The predicted octanol–water partition coefficient (Wildman–Crippen LogP) is 0.850. The lowest BCUT2D eigenvalue weighted by Crippen LogP contribution is -2.33. The molecule has 0 saturated carbocycles. The van der Waals surface area contributed by atoms with Gasteiger partial charge in [0.05, 0.1) is 13.5 Å². The number of hydrogen-bond acceptors (Lipinski definition) is 7. The Morgan fingerprint density at radius 3 is 2.61 bits per heavy atom. The van der Waals surface area contributed by atoms with Gasteiger partial charge in [-0.25, -0.2) is 4.79 Å². The maximum atomic E-state index is 12.3. The number of carbonyl (C=O) groups is 1. The molecule has 1 amide bonds. The fourth-order valence-electron chi connectivity index (χ4n) is 2.62. The number of benzene rings is 1. The Morgan fingerprint density at radius 1 is 1.25 bits per heavy atom. The van der Waals surface area contributed by atoms with Gasteiger partial charge in [0, 0.05) is 16.8 Å². The Hall–Kier alpha value is -3.69. The van der Waals surface area contributed by atoms with E-state index >= 15 is 0 Å². The Kier molecular flexibility index (Phi) is 5.39. The average Bonchev–Trinajstić information content (AvgIpc) is 3.15. The monoisotopic (exact) mass is 385 g/mol. The van der Waals surface area contributed by atoms with Crippen molar-refractivity contribution >= 4 is 5.91 Å². The molecule has 10 nitrogen and oxygen atoms in total. The van der Waals surface area contributed by atoms with Crippen LogP contribution in [0.5, 0.6) is 5.75 Å². The molecule has 0 fully saturated rings. The summed E-state index contributed by atoms with van der Waals surface area (Å²) >= 11 is 0. The number of aryl methyl sites for hydroxylation is 1. The lowest BCUT2D eigenvalue weighted by molar-refractivity contribution is -0.121. The zero-order valence-corrected chi connectivity index (χ0v) is 15.5. The highest BCUT2D eigenvalue weighted by atomic mass is 16.5. The van der Waals surface area contributed by atoms with Gasteiger partial charge in [0.15, 0.2) is 0 Å². The molecule has 0 aliphatic rings. The summed E-state index contributed by atoms with van der Waals surface area (Å²) in [5.41, 5.74) is 0.0650. The smallest absolute Gasteiger partial charge is 0.325 e. The van der Waals surface area contributed by atoms with Crippen LogP contribution >= 0.6 is 0 Å². The third-order valence-electron chi connectivity index (χ3n) is 4.13. The van der Waals surface area contributed by atoms with Crippen molar-refractivity contribution in [3.05, 3.63) is 62.3 Å². The van der Waals surface area contributed by atoms with E-state index in [2.05, 4.69) is 25.4 Å². The Bertz CT molecular complexity index is 1100. The van der Waals surface area contributed by atoms with E-state index in [-0.39, 0.29) is 17.9 Å². The van der Waals surface area contributed by atoms with E-state index in [9.17, 15) is 14.4 Å². The minimum Gasteiger partial charge on any atom is -0.497 e. The number of amides is 1. The van der Waals surface area contributed by atoms with Crippen LogP contribution < -0.4 is 21.3 Å². The number of H-pyrrole nitrogens is 2. The van der Waals surface area contributed by atoms with Crippen molar-refractivity contribution in [3.63, 3.8) is 0 Å². The summed E-state index contributed by atoms with van der Waals surface area (Å²) in [7, 11) is 1.58. The van der Waals surface area contributed by atoms with Crippen molar-refractivity contribution in [2.24, 2.45) is 0 Å². The molecule has 0 spiro atoms. The predicted molar refractivity (Wildman–Crippen MR) is 99.0 cm³/mol. The lowest BCUT2D eigenvalue weighted by atomic mass is 10.1. The second-order valence-corrected chi connectivity index (χ2v) is 6.16. The zero-order valence-electron chi connectivity index (χ0n) is 15.5. The third-order valence-corrected chi connectivity index (χ3v) is 4.13. The van der Waals surface area contributed by atoms with Gasteiger partial charge in [-0.1, -0.05) is 5.16 Å². The third kappa shape index (κ3) is 4.17. The van der Waals surface area contributed by atoms with E-state index in [4.69, 9.17) is 9.26 Å². The molecule has 3 aromatic rings. The first-order valence-electron chi connectivity index (χ1n) is 8.47. The van der Waals surface area contributed by atoms with E-state index in [0.717, 1.165) is 5.56 Å². The summed E-state index contributed by atoms with van der Waals surface area (Å²) in [6, 6.07) is 6.58. The van der Waals surface area contributed by atoms with Crippen LogP contribution in [-0.2, 0) is 11.2 Å². The number of carbonyl (C=O) groups excluding carboxylic acids is 1. The highest BCUT2D eigenvalue weighted by Crippen LogP contribution is 2.21. The van der Waals surface area contributed by atoms with Gasteiger partial charge in [-0.2, -0.15) is 4.98 Å². The van der Waals surface area contributed by atoms with Gasteiger partial charge in [-0.15, -0.1) is 0 Å². The van der Waals surface area contributed by atoms with Crippen molar-refractivity contribution in [1.82, 2.24) is 25.4 Å². The largest absolute Gasteiger partial charge is 0.497 e. The molecule has 3 rings (SSSR count). The number of hydrogen-bond donors (Lipinski definition) is 3. The molecule has 0 bridgehead atoms. The molecular weight excluding hydrogens is 366 g/mol. The molecule has 28 heavy (non-hydrogen) atoms. The molecular formula is C18H19N5O5. The fourth-order valence-corrected chi connectivity index (χ4v) is 2.62. The van der Waals surface area contributed by atoms with Gasteiger partial charge in [0.25, 0.3) is 5.56 Å². The van der Waals surface area contributed by atoms with E-state index in [1.165, 1.54) is 0 Å². The van der Waals surface area contributed by atoms with Gasteiger partial charge >= 0.3 is 5.69 Å². The van der Waals surface area contributed by atoms with Crippen LogP contribution in [-0.4, -0.2) is 33.1 Å². The van der Waals surface area contributed by atoms with Crippen LogP contribution in [0.3, 0.4) is 0 Å². The van der Waals surface area contributed by atoms with Crippen LogP contribution in [0.25, 0.3) is 11.4 Å². The highest BCUT2D eigenvalue weighted by Gasteiger charge is 2.19. The summed E-state index contributed by atoms with van der Waals surface area (Å²) < 4.78 is 10.3. The second-order valence-electron chi connectivity index (χ2n) is 6.16. The molecule has 1 atom stereocenters. The normalized spacial score (nSPS) is 11.8. The van der Waals surface area contributed by atoms with Gasteiger partial charge in [0.1, 0.15) is 11.8 Å². The molecule has 10 heteroatoms. The van der Waals surface area contributed by atoms with E-state index in [1.807, 2.05) is 0 Å². The molecule has 1 aromatic carbocycles. The number of ether oxygens (including phenoxy) is 1. The first-order valence-corrected chi connectivity index (χ1v) is 8.47. The molecule has 0 aliphatic carbocycles. The first kappa shape index (κ1) is 19.1. The summed E-state index contributed by atoms with van der Waals surface area (Å²) in [5, 5.41) is 6.62. The van der Waals surface area contributed by atoms with Crippen molar-refractivity contribution < 1.29 is 14.1 Å². The summed E-state index contributed by atoms with van der Waals surface area (Å²) in [4.78, 5) is 44.2. The lowest BCUT2D eigenvalue weighted by Gasteiger charge is -2.10. The van der Waals surface area contributed by atoms with Crippen LogP contribution in [0.4, 0.5) is 0 Å². The minimum atomic E-state index is -0.614. The zero-order chi connectivity index (χ0) is 20.3. The van der Waals surface area contributed by atoms with Crippen LogP contribution in [0, 0.1) is 6.92 Å². The summed E-state index contributed by atoms with van der Waals surface area (Å²) in [6.07, 6.45) is -0.193. The van der Waals surface area contributed by atoms with Crippen LogP contribution in [0.15, 0.2) is 38.4 Å². The molecule has 0 saturated heterocycles. The maximum Gasteiger partial charge on any atom is 0.325 e. The Balaban J connectivity index is 1.69. The van der Waals surface area contributed by atoms with Crippen LogP contribution in [0.2, 0.25) is 0 Å². The first-order chi connectivity index (χ1) is 13.4. The number of aromatic amines is 2. The summed E-state index contributed by atoms with van der Waals surface area (Å²) in [5.74, 6) is 0.899. The topological polar surface area (TPSA) is 143 Å². The molecule has 1 unspecified atom stereocenters. The van der Waals surface area contributed by atoms with Crippen molar-refractivity contribution in [3.8, 4) is 17.1 Å². The van der Waals surface area contributed by atoms with E-state index in [0.29, 0.717) is 17.3 Å². The van der Waals surface area contributed by atoms with Crippen molar-refractivity contribution in [1.29, 1.82) is 0 Å². The molecule has 3 N–H and O–H groups in total. The summed E-state index contributed by atoms with van der Waals surface area (Å²) in [6.45, 7) is 3.25. The molecule has 0 aliphatic heterocycles. The standard InChI is InChI=1S/C18H19N5O5/c1-9-13(16(25)22-18(26)20-9)8-14(24)19-10(2)17-21-15(23-28-17)11-4-6-12(27-3)7-5-11/h4-7,10H,8H2,1-3H3,(H,19,24)(H2,20,22,25,26). The number of nitrogens with one attached hydrogen (secondary N) is 3. The maximum absolute atomic E-state index is 12.3. The SMILES string of the molecule is COc1ccc(-c2noc(C(C)NC(=O)Cc3c(C)[nH]c(=O)[nH]c3=O)n2)cc1. The van der Waals surface area contributed by atoms with Gasteiger partial charge in [-0.05, 0) is 38.1 Å². The van der Waals surface area contributed by atoms with E-state index in [1.54, 1.807) is 45.2 Å². The average molecular weight is 385 g/mol. The highest BCUT2D eigenvalue weighted by molar-refractivity contribution is 5.79. The van der Waals surface area contributed by atoms with Crippen molar-refractivity contribution in [2.75, 3.05) is 7.11 Å². The number of methoxy groups -OCH3 is 1. The van der Waals surface area contributed by atoms with E-state index < -0.39 is 23.2 Å². The number of nitrogens with zero attached hydrogens (tertiary/aromatic N) is 2. The molecule has 2 heterocycles. The number of rotatable bonds is 6. The quantitative estimate of drug-likeness (QED) is 0.571. The second kappa shape index (κ2) is 7.91. The Labute approximate surface area is 159 Å². The molecule has 2 aromatic heterocycles. The number of aromatic nitrogens is 4. The fraction of sp³-hybridized carbons (Fsp3) is 0.278. The molecule has 146 valence electrons. The van der Waals surface area contributed by atoms with Gasteiger partial charge < -0.3 is 19.6 Å². The molecule has 0 radical (unpaired) electrons. The Morgan fingerprint density at radius 2 is 1.96 bits per heavy atom. The van der Waals surface area contributed by atoms with Crippen molar-refractivity contribution in [2.45, 2.75) is 26.3 Å². The van der Waals surface area contributed by atoms with Crippen LogP contribution in [0.1, 0.15) is 30.1 Å².